The first-order valence-electron chi connectivity index (χ1n) is 8.14. The predicted molar refractivity (Wildman–Crippen MR) is 76.6 cm³/mol. The summed E-state index contributed by atoms with van der Waals surface area (Å²) in [6.45, 7) is 2.23. The molecular formula is C17H23NO2. The van der Waals surface area contributed by atoms with Crippen molar-refractivity contribution in [1.29, 1.82) is 0 Å². The molecule has 3 saturated carbocycles. The van der Waals surface area contributed by atoms with Crippen LogP contribution in [0, 0.1) is 11.8 Å². The molecule has 0 bridgehead atoms. The Bertz CT molecular complexity index is 509. The molecule has 0 aromatic carbocycles. The van der Waals surface area contributed by atoms with E-state index in [4.69, 9.17) is 4.42 Å². The second-order valence-corrected chi connectivity index (χ2v) is 6.87. The topological polar surface area (TPSA) is 42.2 Å². The first kappa shape index (κ1) is 12.5. The van der Waals surface area contributed by atoms with Gasteiger partial charge in [0.25, 0.3) is 5.91 Å². The van der Waals surface area contributed by atoms with E-state index in [1.54, 1.807) is 6.26 Å². The Morgan fingerprint density at radius 3 is 2.40 bits per heavy atom. The monoisotopic (exact) mass is 273 g/mol. The molecule has 1 N–H and O–H groups in total. The Hall–Kier alpha value is -1.25. The van der Waals surface area contributed by atoms with Gasteiger partial charge in [-0.2, -0.15) is 0 Å². The Labute approximate surface area is 120 Å². The number of hydrogen-bond donors (Lipinski definition) is 1. The second kappa shape index (κ2) is 4.37. The van der Waals surface area contributed by atoms with Crippen LogP contribution in [0.4, 0.5) is 0 Å². The smallest absolute Gasteiger partial charge is 0.255 e. The summed E-state index contributed by atoms with van der Waals surface area (Å²) in [5.74, 6) is 2.92. The Kier molecular flexibility index (Phi) is 2.73. The van der Waals surface area contributed by atoms with Crippen LogP contribution >= 0.6 is 0 Å². The van der Waals surface area contributed by atoms with E-state index < -0.39 is 0 Å². The second-order valence-electron chi connectivity index (χ2n) is 6.87. The molecule has 3 aliphatic carbocycles. The number of carbonyl (C=O) groups is 1. The van der Waals surface area contributed by atoms with Gasteiger partial charge in [-0.3, -0.25) is 4.79 Å². The molecule has 3 aliphatic rings. The van der Waals surface area contributed by atoms with Crippen LogP contribution in [0.25, 0.3) is 0 Å². The van der Waals surface area contributed by atoms with Gasteiger partial charge in [0.2, 0.25) is 0 Å². The summed E-state index contributed by atoms with van der Waals surface area (Å²) in [7, 11) is 0. The van der Waals surface area contributed by atoms with E-state index in [1.165, 1.54) is 25.7 Å². The maximum Gasteiger partial charge on any atom is 0.255 e. The highest BCUT2D eigenvalue weighted by atomic mass is 16.3. The summed E-state index contributed by atoms with van der Waals surface area (Å²) >= 11 is 0. The van der Waals surface area contributed by atoms with E-state index in [2.05, 4.69) is 12.2 Å². The number of rotatable bonds is 6. The molecule has 3 fully saturated rings. The van der Waals surface area contributed by atoms with Gasteiger partial charge < -0.3 is 9.73 Å². The summed E-state index contributed by atoms with van der Waals surface area (Å²) in [6.07, 6.45) is 10.2. The Balaban J connectivity index is 1.57. The lowest BCUT2D eigenvalue weighted by Gasteiger charge is -2.34. The Morgan fingerprint density at radius 1 is 1.25 bits per heavy atom. The molecule has 108 valence electrons. The summed E-state index contributed by atoms with van der Waals surface area (Å²) < 4.78 is 5.55. The molecule has 0 aliphatic heterocycles. The van der Waals surface area contributed by atoms with Gasteiger partial charge in [-0.05, 0) is 62.8 Å². The van der Waals surface area contributed by atoms with E-state index in [0.717, 1.165) is 30.6 Å². The van der Waals surface area contributed by atoms with Crippen LogP contribution in [-0.4, -0.2) is 11.4 Å². The standard InChI is InChI=1S/C17H23NO2/c1-2-17(12-5-6-12,13-7-8-13)18-16(19)14-9-10-20-15(14)11-3-4-11/h9-13H,2-8H2,1H3,(H,18,19). The van der Waals surface area contributed by atoms with Crippen LogP contribution in [0.1, 0.15) is 73.9 Å². The van der Waals surface area contributed by atoms with E-state index >= 15 is 0 Å². The first-order valence-corrected chi connectivity index (χ1v) is 8.14. The molecular weight excluding hydrogens is 250 g/mol. The summed E-state index contributed by atoms with van der Waals surface area (Å²) in [4.78, 5) is 12.7. The minimum Gasteiger partial charge on any atom is -0.468 e. The zero-order chi connectivity index (χ0) is 13.7. The number of nitrogens with one attached hydrogen (secondary N) is 1. The lowest BCUT2D eigenvalue weighted by Crippen LogP contribution is -2.51. The van der Waals surface area contributed by atoms with E-state index in [-0.39, 0.29) is 11.4 Å². The molecule has 0 atom stereocenters. The third-order valence-electron chi connectivity index (χ3n) is 5.43. The lowest BCUT2D eigenvalue weighted by molar-refractivity contribution is 0.0857. The summed E-state index contributed by atoms with van der Waals surface area (Å²) in [5, 5.41) is 3.43. The number of amides is 1. The molecule has 3 nitrogen and oxygen atoms in total. The maximum absolute atomic E-state index is 12.7. The van der Waals surface area contributed by atoms with Crippen LogP contribution in [-0.2, 0) is 0 Å². The maximum atomic E-state index is 12.7. The van der Waals surface area contributed by atoms with E-state index in [9.17, 15) is 4.79 Å². The molecule has 0 unspecified atom stereocenters. The highest BCUT2D eigenvalue weighted by Crippen LogP contribution is 2.54. The summed E-state index contributed by atoms with van der Waals surface area (Å²) in [5.41, 5.74) is 0.849. The van der Waals surface area contributed by atoms with Gasteiger partial charge in [-0.15, -0.1) is 0 Å². The van der Waals surface area contributed by atoms with Gasteiger partial charge in [0.15, 0.2) is 0 Å². The molecule has 20 heavy (non-hydrogen) atoms. The molecule has 0 radical (unpaired) electrons. The van der Waals surface area contributed by atoms with E-state index in [1.807, 2.05) is 6.07 Å². The SMILES string of the molecule is CCC(NC(=O)c1ccoc1C1CC1)(C1CC1)C1CC1. The average molecular weight is 273 g/mol. The van der Waals surface area contributed by atoms with E-state index in [0.29, 0.717) is 17.8 Å². The third-order valence-corrected chi connectivity index (χ3v) is 5.43. The normalized spacial score (nSPS) is 22.9. The van der Waals surface area contributed by atoms with Crippen LogP contribution in [0.5, 0.6) is 0 Å². The number of carbonyl (C=O) groups excluding carboxylic acids is 1. The highest BCUT2D eigenvalue weighted by Gasteiger charge is 2.54. The molecule has 0 saturated heterocycles. The lowest BCUT2D eigenvalue weighted by atomic mass is 9.84. The zero-order valence-electron chi connectivity index (χ0n) is 12.2. The van der Waals surface area contributed by atoms with Gasteiger partial charge in [0.1, 0.15) is 5.76 Å². The third kappa shape index (κ3) is 1.99. The molecule has 1 aromatic heterocycles. The van der Waals surface area contributed by atoms with Gasteiger partial charge in [0, 0.05) is 11.5 Å². The van der Waals surface area contributed by atoms with Crippen molar-refractivity contribution in [3.8, 4) is 0 Å². The number of hydrogen-bond acceptors (Lipinski definition) is 2. The van der Waals surface area contributed by atoms with Gasteiger partial charge in [-0.25, -0.2) is 0 Å². The van der Waals surface area contributed by atoms with Crippen molar-refractivity contribution in [2.24, 2.45) is 11.8 Å². The Morgan fingerprint density at radius 2 is 1.90 bits per heavy atom. The zero-order valence-corrected chi connectivity index (χ0v) is 12.2. The minimum absolute atomic E-state index is 0.0647. The van der Waals surface area contributed by atoms with Crippen molar-refractivity contribution in [2.45, 2.75) is 63.3 Å². The molecule has 1 heterocycles. The fourth-order valence-electron chi connectivity index (χ4n) is 3.85. The number of furan rings is 1. The van der Waals surface area contributed by atoms with Crippen molar-refractivity contribution in [2.75, 3.05) is 0 Å². The fraction of sp³-hybridized carbons (Fsp3) is 0.706. The highest BCUT2D eigenvalue weighted by molar-refractivity contribution is 5.96. The van der Waals surface area contributed by atoms with Crippen LogP contribution in [0.15, 0.2) is 16.7 Å². The van der Waals surface area contributed by atoms with Crippen LogP contribution in [0.3, 0.4) is 0 Å². The fourth-order valence-corrected chi connectivity index (χ4v) is 3.85. The molecule has 0 spiro atoms. The van der Waals surface area contributed by atoms with Crippen LogP contribution in [0.2, 0.25) is 0 Å². The first-order chi connectivity index (χ1) is 9.74. The van der Waals surface area contributed by atoms with Crippen molar-refractivity contribution < 1.29 is 9.21 Å². The van der Waals surface area contributed by atoms with Crippen molar-refractivity contribution in [1.82, 2.24) is 5.32 Å². The van der Waals surface area contributed by atoms with Gasteiger partial charge >= 0.3 is 0 Å². The average Bonchev–Trinajstić information content (AvgIpc) is 3.30. The van der Waals surface area contributed by atoms with Crippen molar-refractivity contribution in [3.05, 3.63) is 23.7 Å². The largest absolute Gasteiger partial charge is 0.468 e. The van der Waals surface area contributed by atoms with Gasteiger partial charge in [-0.1, -0.05) is 6.92 Å². The molecule has 4 rings (SSSR count). The quantitative estimate of drug-likeness (QED) is 0.855. The van der Waals surface area contributed by atoms with Crippen molar-refractivity contribution in [3.63, 3.8) is 0 Å². The van der Waals surface area contributed by atoms with Crippen molar-refractivity contribution >= 4 is 5.91 Å². The molecule has 1 amide bonds. The van der Waals surface area contributed by atoms with Gasteiger partial charge in [0.05, 0.1) is 11.8 Å². The predicted octanol–water partition coefficient (Wildman–Crippen LogP) is 3.86. The summed E-state index contributed by atoms with van der Waals surface area (Å²) in [6, 6.07) is 1.85. The van der Waals surface area contributed by atoms with Crippen LogP contribution < -0.4 is 5.32 Å². The minimum atomic E-state index is 0.0647. The molecule has 1 aromatic rings. The molecule has 3 heteroatoms.